The van der Waals surface area contributed by atoms with Gasteiger partial charge in [0.15, 0.2) is 0 Å². The number of aromatic carboxylic acids is 1. The number of nitrogens with zero attached hydrogens (tertiary/aromatic N) is 3. The molecular formula is C35H41N3O6. The second kappa shape index (κ2) is 14.7. The first-order chi connectivity index (χ1) is 21.1. The number of amides is 1. The van der Waals surface area contributed by atoms with Crippen LogP contribution in [0, 0.1) is 5.92 Å². The van der Waals surface area contributed by atoms with Crippen LogP contribution in [0.2, 0.25) is 0 Å². The van der Waals surface area contributed by atoms with Gasteiger partial charge in [0.25, 0.3) is 5.56 Å². The zero-order valence-corrected chi connectivity index (χ0v) is 26.1. The van der Waals surface area contributed by atoms with Gasteiger partial charge >= 0.3 is 12.1 Å². The second-order valence-electron chi connectivity index (χ2n) is 11.3. The van der Waals surface area contributed by atoms with E-state index in [9.17, 15) is 14.4 Å². The molecule has 1 heterocycles. The second-order valence-corrected chi connectivity index (χ2v) is 11.3. The number of hydrogen-bond donors (Lipinski definition) is 1. The van der Waals surface area contributed by atoms with Gasteiger partial charge in [-0.25, -0.2) is 19.6 Å². The molecule has 44 heavy (non-hydrogen) atoms. The Morgan fingerprint density at radius 2 is 1.61 bits per heavy atom. The fourth-order valence-corrected chi connectivity index (χ4v) is 4.79. The van der Waals surface area contributed by atoms with Gasteiger partial charge in [0.2, 0.25) is 0 Å². The number of fused-ring (bicyclic) bond motifs is 1. The van der Waals surface area contributed by atoms with E-state index < -0.39 is 12.1 Å². The number of carbonyl (C=O) groups excluding carboxylic acids is 1. The van der Waals surface area contributed by atoms with E-state index in [0.717, 1.165) is 36.0 Å². The molecule has 0 spiro atoms. The number of rotatable bonds is 13. The monoisotopic (exact) mass is 599 g/mol. The minimum absolute atomic E-state index is 0.0912. The molecule has 3 aromatic carbocycles. The molecule has 1 atom stereocenters. The number of ether oxygens (including phenoxy) is 2. The van der Waals surface area contributed by atoms with Crippen molar-refractivity contribution in [3.8, 4) is 5.75 Å². The Hall–Kier alpha value is -4.66. The van der Waals surface area contributed by atoms with Crippen molar-refractivity contribution in [3.63, 3.8) is 0 Å². The predicted molar refractivity (Wildman–Crippen MR) is 171 cm³/mol. The zero-order valence-electron chi connectivity index (χ0n) is 26.1. The molecule has 9 heteroatoms. The van der Waals surface area contributed by atoms with E-state index in [2.05, 4.69) is 6.92 Å². The number of carbonyl (C=O) groups is 2. The molecule has 1 N–H and O–H groups in total. The highest BCUT2D eigenvalue weighted by atomic mass is 16.6. The molecule has 0 aliphatic heterocycles. The largest absolute Gasteiger partial charge is 0.489 e. The van der Waals surface area contributed by atoms with E-state index in [1.54, 1.807) is 42.5 Å². The van der Waals surface area contributed by atoms with Gasteiger partial charge < -0.3 is 14.6 Å². The van der Waals surface area contributed by atoms with Crippen molar-refractivity contribution in [2.24, 2.45) is 5.92 Å². The third kappa shape index (κ3) is 7.64. The van der Waals surface area contributed by atoms with E-state index in [-0.39, 0.29) is 36.3 Å². The number of benzene rings is 3. The van der Waals surface area contributed by atoms with Gasteiger partial charge in [-0.3, -0.25) is 4.79 Å². The van der Waals surface area contributed by atoms with E-state index >= 15 is 0 Å². The number of aromatic nitrogens is 2. The van der Waals surface area contributed by atoms with Crippen molar-refractivity contribution in [2.45, 2.75) is 79.6 Å². The molecule has 0 fully saturated rings. The fraction of sp³-hybridized carbons (Fsp3) is 0.371. The van der Waals surface area contributed by atoms with Crippen molar-refractivity contribution in [1.29, 1.82) is 0 Å². The summed E-state index contributed by atoms with van der Waals surface area (Å²) in [5.41, 5.74) is 3.11. The normalized spacial score (nSPS) is 11.9. The molecular weight excluding hydrogens is 558 g/mol. The molecule has 0 saturated carbocycles. The molecule has 4 rings (SSSR count). The van der Waals surface area contributed by atoms with E-state index in [1.807, 2.05) is 52.0 Å². The van der Waals surface area contributed by atoms with Gasteiger partial charge in [0, 0.05) is 6.42 Å². The van der Waals surface area contributed by atoms with E-state index in [4.69, 9.17) is 19.6 Å². The smallest absolute Gasteiger partial charge is 0.429 e. The molecule has 0 radical (unpaired) electrons. The molecule has 0 saturated heterocycles. The number of para-hydroxylation sites is 1. The summed E-state index contributed by atoms with van der Waals surface area (Å²) in [6.07, 6.45) is 1.88. The van der Waals surface area contributed by atoms with Gasteiger partial charge in [-0.15, -0.1) is 0 Å². The number of carboxylic acid groups (broad SMARTS) is 1. The third-order valence-corrected chi connectivity index (χ3v) is 7.54. The topological polar surface area (TPSA) is 111 Å². The number of aryl methyl sites for hydroxylation is 2. The van der Waals surface area contributed by atoms with Crippen molar-refractivity contribution >= 4 is 23.0 Å². The quantitative estimate of drug-likeness (QED) is 0.178. The molecule has 4 aromatic rings. The van der Waals surface area contributed by atoms with Crippen LogP contribution in [0.5, 0.6) is 5.75 Å². The summed E-state index contributed by atoms with van der Waals surface area (Å²) in [6.45, 7) is 10.3. The Morgan fingerprint density at radius 3 is 2.27 bits per heavy atom. The average molecular weight is 600 g/mol. The molecule has 1 aromatic heterocycles. The van der Waals surface area contributed by atoms with Gasteiger partial charge in [-0.05, 0) is 72.7 Å². The summed E-state index contributed by atoms with van der Waals surface area (Å²) in [4.78, 5) is 43.6. The van der Waals surface area contributed by atoms with Gasteiger partial charge in [-0.1, -0.05) is 70.5 Å². The molecule has 0 aliphatic carbocycles. The highest BCUT2D eigenvalue weighted by molar-refractivity contribution is 5.87. The Balaban J connectivity index is 1.70. The maximum atomic E-state index is 13.9. The minimum atomic E-state index is -0.974. The highest BCUT2D eigenvalue weighted by Crippen LogP contribution is 2.25. The molecule has 9 nitrogen and oxygen atoms in total. The zero-order chi connectivity index (χ0) is 31.8. The average Bonchev–Trinajstić information content (AvgIpc) is 3.00. The van der Waals surface area contributed by atoms with Crippen LogP contribution in [0.15, 0.2) is 71.5 Å². The third-order valence-electron chi connectivity index (χ3n) is 7.54. The van der Waals surface area contributed by atoms with Crippen molar-refractivity contribution in [1.82, 2.24) is 9.66 Å². The van der Waals surface area contributed by atoms with Crippen molar-refractivity contribution in [2.75, 3.05) is 5.01 Å². The highest BCUT2D eigenvalue weighted by Gasteiger charge is 2.26. The van der Waals surface area contributed by atoms with Crippen LogP contribution in [-0.4, -0.2) is 32.9 Å². The SMILES string of the molecule is CCCc1cc(CN(C(=O)OC(C)C(C)C)n2c(CCC)nc3ccccc3c2=O)ccc1OCc1ccc(C(=O)O)cc1. The minimum Gasteiger partial charge on any atom is -0.489 e. The lowest BCUT2D eigenvalue weighted by Crippen LogP contribution is -2.49. The van der Waals surface area contributed by atoms with E-state index in [0.29, 0.717) is 28.9 Å². The summed E-state index contributed by atoms with van der Waals surface area (Å²) in [5, 5.41) is 10.9. The first kappa shape index (κ1) is 32.3. The van der Waals surface area contributed by atoms with Gasteiger partial charge in [0.1, 0.15) is 24.3 Å². The maximum Gasteiger partial charge on any atom is 0.429 e. The molecule has 0 aliphatic rings. The van der Waals surface area contributed by atoms with Crippen LogP contribution >= 0.6 is 0 Å². The number of carboxylic acids is 1. The summed E-state index contributed by atoms with van der Waals surface area (Å²) in [6, 6.07) is 19.5. The summed E-state index contributed by atoms with van der Waals surface area (Å²) < 4.78 is 13.4. The lowest BCUT2D eigenvalue weighted by molar-refractivity contribution is 0.0696. The predicted octanol–water partition coefficient (Wildman–Crippen LogP) is 6.90. The first-order valence-electron chi connectivity index (χ1n) is 15.2. The lowest BCUT2D eigenvalue weighted by Gasteiger charge is -2.29. The molecule has 1 amide bonds. The van der Waals surface area contributed by atoms with E-state index in [1.165, 1.54) is 9.69 Å². The molecule has 232 valence electrons. The number of hydrogen-bond acceptors (Lipinski definition) is 6. The van der Waals surface area contributed by atoms with Gasteiger partial charge in [-0.2, -0.15) is 4.68 Å². The molecule has 1 unspecified atom stereocenters. The van der Waals surface area contributed by atoms with Crippen LogP contribution < -0.4 is 15.3 Å². The standard InChI is InChI=1S/C35H41N3O6/c1-6-10-28-20-26(16-19-31(28)43-22-25-14-17-27(18-15-25)34(40)41)21-37(35(42)44-24(5)23(3)4)38-32(11-7-2)36-30-13-9-8-12-29(30)33(38)39/h8-9,12-20,23-24H,6-7,10-11,21-22H2,1-5H3,(H,40,41). The Bertz CT molecular complexity index is 1660. The Morgan fingerprint density at radius 1 is 0.932 bits per heavy atom. The lowest BCUT2D eigenvalue weighted by atomic mass is 10.0. The molecule has 0 bridgehead atoms. The van der Waals surface area contributed by atoms with Crippen LogP contribution in [0.3, 0.4) is 0 Å². The van der Waals surface area contributed by atoms with Crippen LogP contribution in [-0.2, 0) is 30.7 Å². The van der Waals surface area contributed by atoms with Crippen LogP contribution in [0.4, 0.5) is 4.79 Å². The Kier molecular flexibility index (Phi) is 10.8. The summed E-state index contributed by atoms with van der Waals surface area (Å²) >= 11 is 0. The fourth-order valence-electron chi connectivity index (χ4n) is 4.79. The summed E-state index contributed by atoms with van der Waals surface area (Å²) in [7, 11) is 0. The Labute approximate surface area is 258 Å². The van der Waals surface area contributed by atoms with Crippen molar-refractivity contribution < 1.29 is 24.2 Å². The summed E-state index contributed by atoms with van der Waals surface area (Å²) in [5.74, 6) is 0.318. The van der Waals surface area contributed by atoms with Gasteiger partial charge in [0.05, 0.1) is 23.0 Å². The first-order valence-corrected chi connectivity index (χ1v) is 15.2. The van der Waals surface area contributed by atoms with Crippen LogP contribution in [0.25, 0.3) is 10.9 Å². The van der Waals surface area contributed by atoms with Crippen molar-refractivity contribution in [3.05, 3.63) is 105 Å². The van der Waals surface area contributed by atoms with Crippen LogP contribution in [0.1, 0.15) is 80.3 Å². The maximum absolute atomic E-state index is 13.9.